The number of aromatic nitrogens is 2. The molecule has 0 bridgehead atoms. The number of phenols is 1. The van der Waals surface area contributed by atoms with Gasteiger partial charge in [-0.1, -0.05) is 95.5 Å². The first-order valence-electron chi connectivity index (χ1n) is 23.4. The van der Waals surface area contributed by atoms with Crippen molar-refractivity contribution in [3.8, 4) is 28.6 Å². The van der Waals surface area contributed by atoms with E-state index >= 15 is 0 Å². The molecule has 2 aliphatic heterocycles. The number of ether oxygens (including phenoxy) is 2. The Morgan fingerprint density at radius 2 is 1.15 bits per heavy atom. The average molecular weight is 1040 g/mol. The lowest BCUT2D eigenvalue weighted by Gasteiger charge is -2.18. The van der Waals surface area contributed by atoms with Crippen LogP contribution in [0, 0.1) is 39.0 Å². The molecular weight excluding hydrogens is 987 g/mol. The Morgan fingerprint density at radius 3 is 1.75 bits per heavy atom. The molecule has 0 radical (unpaired) electrons. The maximum absolute atomic E-state index is 13.6. The zero-order valence-electron chi connectivity index (χ0n) is 41.0. The zero-order valence-corrected chi connectivity index (χ0v) is 42.6. The van der Waals surface area contributed by atoms with Gasteiger partial charge in [0.2, 0.25) is 0 Å². The molecule has 0 amide bonds. The topological polar surface area (TPSA) is 120 Å². The van der Waals surface area contributed by atoms with E-state index in [1.807, 2.05) is 98.8 Å². The van der Waals surface area contributed by atoms with Gasteiger partial charge in [-0.15, -0.1) is 0 Å². The molecule has 2 aromatic heterocycles. The van der Waals surface area contributed by atoms with E-state index in [-0.39, 0.29) is 28.5 Å². The second-order valence-electron chi connectivity index (χ2n) is 17.6. The first-order valence-corrected chi connectivity index (χ1v) is 25.0. The lowest BCUT2D eigenvalue weighted by atomic mass is 10.1. The van der Waals surface area contributed by atoms with E-state index in [0.717, 1.165) is 67.0 Å². The Morgan fingerprint density at radius 1 is 0.600 bits per heavy atom. The molecule has 12 rings (SSSR count). The van der Waals surface area contributed by atoms with Crippen LogP contribution in [0.4, 0.5) is 31.5 Å². The van der Waals surface area contributed by atoms with Crippen LogP contribution in [0.5, 0.6) is 17.2 Å². The highest BCUT2D eigenvalue weighted by atomic mass is 32.1. The average Bonchev–Trinajstić information content (AvgIpc) is 4.12. The van der Waals surface area contributed by atoms with Gasteiger partial charge in [0.1, 0.15) is 17.4 Å². The standard InChI is InChI=1S/C16H16N2O.C15H12FNO2.C15H10N2OS.C14H10FNOS/c1-11-6-7-16-15(8-11)18(12(2)19-16)10-13-4-3-5-14(17)9-13;1-10-17(9-11-3-2-4-13(18)7-11)14-8-12(16)5-6-15(14)19-10;1-10-3-6-12(7-4-10)17-15(18)13-8-5-11(16-2)9-14(13)19-17;1-9-5-7-10(8-6-9)16-14(17)11-3-2-4-12(15)13(11)18-16/h3-9H,2,10,17H2,1H3;2-8,18H,1,9H2;3-9H,1H3;2-8H,1H3. The number of anilines is 3. The quantitative estimate of drug-likeness (QED) is 0.125. The van der Waals surface area contributed by atoms with Crippen LogP contribution in [0.25, 0.3) is 36.4 Å². The van der Waals surface area contributed by atoms with Gasteiger partial charge in [-0.2, -0.15) is 0 Å². The van der Waals surface area contributed by atoms with Crippen molar-refractivity contribution in [3.63, 3.8) is 0 Å². The van der Waals surface area contributed by atoms with Gasteiger partial charge in [0.25, 0.3) is 11.1 Å². The lowest BCUT2D eigenvalue weighted by molar-refractivity contribution is 0.439. The van der Waals surface area contributed by atoms with Crippen LogP contribution in [-0.4, -0.2) is 13.0 Å². The molecule has 4 heterocycles. The van der Waals surface area contributed by atoms with Crippen molar-refractivity contribution in [1.29, 1.82) is 0 Å². The summed E-state index contributed by atoms with van der Waals surface area (Å²) >= 11 is 2.51. The summed E-state index contributed by atoms with van der Waals surface area (Å²) in [5, 5.41) is 10.6. The second-order valence-corrected chi connectivity index (χ2v) is 19.6. The predicted molar refractivity (Wildman–Crippen MR) is 299 cm³/mol. The molecule has 3 N–H and O–H groups in total. The minimum atomic E-state index is -0.347. The van der Waals surface area contributed by atoms with E-state index in [0.29, 0.717) is 57.5 Å². The number of aryl methyl sites for hydroxylation is 3. The fraction of sp³-hybridized carbons (Fsp3) is 0.0833. The number of fused-ring (bicyclic) bond motifs is 4. The first-order chi connectivity index (χ1) is 36.1. The van der Waals surface area contributed by atoms with E-state index in [2.05, 4.69) is 42.0 Å². The summed E-state index contributed by atoms with van der Waals surface area (Å²) in [4.78, 5) is 31.7. The number of nitrogen functional groups attached to an aromatic ring is 1. The van der Waals surface area contributed by atoms with Crippen LogP contribution in [0.1, 0.15) is 27.8 Å². The van der Waals surface area contributed by atoms with E-state index in [9.17, 15) is 23.5 Å². The van der Waals surface area contributed by atoms with Crippen molar-refractivity contribution in [3.05, 3.63) is 266 Å². The number of halogens is 2. The number of hydrogen-bond acceptors (Lipinski definition) is 10. The lowest BCUT2D eigenvalue weighted by Crippen LogP contribution is -2.18. The van der Waals surface area contributed by atoms with E-state index in [4.69, 9.17) is 21.8 Å². The minimum Gasteiger partial charge on any atom is -0.508 e. The Kier molecular flexibility index (Phi) is 14.8. The highest BCUT2D eigenvalue weighted by molar-refractivity contribution is 7.14. The van der Waals surface area contributed by atoms with Crippen molar-refractivity contribution in [2.24, 2.45) is 0 Å². The number of hydrogen-bond donors (Lipinski definition) is 2. The Hall–Kier alpha value is -9.23. The molecule has 0 aliphatic carbocycles. The maximum atomic E-state index is 13.6. The molecule has 0 unspecified atom stereocenters. The van der Waals surface area contributed by atoms with Crippen molar-refractivity contribution < 1.29 is 23.4 Å². The van der Waals surface area contributed by atoms with E-state index in [1.54, 1.807) is 63.5 Å². The van der Waals surface area contributed by atoms with Gasteiger partial charge >= 0.3 is 0 Å². The molecule has 8 aromatic carbocycles. The summed E-state index contributed by atoms with van der Waals surface area (Å²) < 4.78 is 42.5. The summed E-state index contributed by atoms with van der Waals surface area (Å²) in [5.41, 5.74) is 15.8. The van der Waals surface area contributed by atoms with E-state index < -0.39 is 0 Å². The molecule has 10 aromatic rings. The number of rotatable bonds is 6. The third kappa shape index (κ3) is 11.4. The fourth-order valence-electron chi connectivity index (χ4n) is 8.20. The summed E-state index contributed by atoms with van der Waals surface area (Å²) in [5.74, 6) is 2.08. The third-order valence-corrected chi connectivity index (χ3v) is 14.3. The Balaban J connectivity index is 0.000000122. The van der Waals surface area contributed by atoms with Gasteiger partial charge in [-0.05, 0) is 153 Å². The predicted octanol–water partition coefficient (Wildman–Crippen LogP) is 14.3. The third-order valence-electron chi connectivity index (χ3n) is 12.0. The highest BCUT2D eigenvalue weighted by Crippen LogP contribution is 2.41. The van der Waals surface area contributed by atoms with Gasteiger partial charge in [0, 0.05) is 16.5 Å². The van der Waals surface area contributed by atoms with Crippen LogP contribution < -0.4 is 36.1 Å². The number of nitrogens with zero attached hydrogens (tertiary/aromatic N) is 5. The molecule has 374 valence electrons. The molecule has 11 nitrogen and oxygen atoms in total. The smallest absolute Gasteiger partial charge is 0.273 e. The van der Waals surface area contributed by atoms with Crippen LogP contribution in [0.2, 0.25) is 0 Å². The van der Waals surface area contributed by atoms with Crippen LogP contribution in [0.3, 0.4) is 0 Å². The zero-order chi connectivity index (χ0) is 52.9. The number of nitrogens with two attached hydrogens (primary N) is 1. The summed E-state index contributed by atoms with van der Waals surface area (Å²) in [7, 11) is 0. The van der Waals surface area contributed by atoms with Gasteiger partial charge in [-0.25, -0.2) is 21.5 Å². The van der Waals surface area contributed by atoms with Crippen molar-refractivity contribution >= 4 is 66.0 Å². The number of benzene rings is 8. The molecule has 15 heteroatoms. The van der Waals surface area contributed by atoms with Crippen LogP contribution in [-0.2, 0) is 13.1 Å². The molecule has 2 aliphatic rings. The van der Waals surface area contributed by atoms with Gasteiger partial charge in [-0.3, -0.25) is 9.59 Å². The van der Waals surface area contributed by atoms with Crippen LogP contribution >= 0.6 is 23.1 Å². The molecule has 0 saturated carbocycles. The van der Waals surface area contributed by atoms with Crippen molar-refractivity contribution in [1.82, 2.24) is 7.91 Å². The molecule has 0 spiro atoms. The monoisotopic (exact) mass is 1030 g/mol. The fourth-order valence-corrected chi connectivity index (χ4v) is 10.2. The highest BCUT2D eigenvalue weighted by Gasteiger charge is 2.26. The van der Waals surface area contributed by atoms with Gasteiger partial charge in [0.15, 0.2) is 29.0 Å². The van der Waals surface area contributed by atoms with Crippen LogP contribution in [0.15, 0.2) is 204 Å². The number of aromatic hydroxyl groups is 1. The summed E-state index contributed by atoms with van der Waals surface area (Å²) in [6, 6.07) is 50.4. The van der Waals surface area contributed by atoms with E-state index in [1.165, 1.54) is 39.3 Å². The van der Waals surface area contributed by atoms with Gasteiger partial charge in [0.05, 0.1) is 57.9 Å². The van der Waals surface area contributed by atoms with Gasteiger partial charge < -0.3 is 30.1 Å². The van der Waals surface area contributed by atoms with Crippen molar-refractivity contribution in [2.45, 2.75) is 33.9 Å². The summed E-state index contributed by atoms with van der Waals surface area (Å²) in [6.07, 6.45) is 0. The number of phenolic OH excluding ortho intramolecular Hbond substituents is 1. The Labute approximate surface area is 439 Å². The summed E-state index contributed by atoms with van der Waals surface area (Å²) in [6.45, 7) is 22.0. The first kappa shape index (κ1) is 50.7. The Bertz CT molecular complexity index is 3840. The SMILES string of the molecule is C=C1Oc2ccc(C)cc2N1Cc1cccc(N)c1.C=C1Oc2ccc(F)cc2N1Cc1cccc(O)c1.Cc1ccc(-n2sc3c(F)cccc3c2=O)cc1.[C-]#[N+]c1ccc2c(=O)n(-c3ccc(C)cc3)sc2c1. The normalized spacial score (nSPS) is 12.1. The largest absolute Gasteiger partial charge is 0.508 e. The van der Waals surface area contributed by atoms with Crippen molar-refractivity contribution in [2.75, 3.05) is 15.5 Å². The molecule has 0 saturated heterocycles. The second kappa shape index (κ2) is 21.9. The molecule has 0 atom stereocenters. The molecule has 0 fully saturated rings. The molecule has 75 heavy (non-hydrogen) atoms. The maximum Gasteiger partial charge on any atom is 0.273 e. The minimum absolute atomic E-state index is 0.0274. The molecular formula is C60H48F2N6O5S2.